The van der Waals surface area contributed by atoms with Crippen molar-refractivity contribution in [1.29, 1.82) is 0 Å². The molecule has 3 aliphatic rings. The number of hydrogen-bond donors (Lipinski definition) is 0. The first-order valence-electron chi connectivity index (χ1n) is 18.9. The third-order valence-corrected chi connectivity index (χ3v) is 13.9. The summed E-state index contributed by atoms with van der Waals surface area (Å²) in [5.41, 5.74) is 15.8. The normalized spacial score (nSPS) is 18.7. The van der Waals surface area contributed by atoms with Gasteiger partial charge in [-0.3, -0.25) is 0 Å². The average Bonchev–Trinajstić information content (AvgIpc) is 3.80. The van der Waals surface area contributed by atoms with E-state index >= 15 is 0 Å². The van der Waals surface area contributed by atoms with E-state index in [1.54, 1.807) is 11.3 Å². The van der Waals surface area contributed by atoms with Gasteiger partial charge >= 0.3 is 0 Å². The van der Waals surface area contributed by atoms with Gasteiger partial charge in [0, 0.05) is 16.9 Å². The average molecular weight is 698 g/mol. The van der Waals surface area contributed by atoms with Crippen molar-refractivity contribution in [3.8, 4) is 44.0 Å². The molecule has 0 saturated carbocycles. The molecule has 0 bridgehead atoms. The van der Waals surface area contributed by atoms with Crippen LogP contribution in [0.3, 0.4) is 0 Å². The molecule has 0 radical (unpaired) electrons. The molecule has 2 atom stereocenters. The van der Waals surface area contributed by atoms with Crippen LogP contribution in [-0.2, 0) is 10.8 Å². The number of aromatic nitrogens is 1. The molecular weight excluding hydrogens is 659 g/mol. The van der Waals surface area contributed by atoms with E-state index in [9.17, 15) is 0 Å². The Morgan fingerprint density at radius 1 is 0.528 bits per heavy atom. The van der Waals surface area contributed by atoms with Gasteiger partial charge in [-0.1, -0.05) is 155 Å². The Labute approximate surface area is 315 Å². The maximum absolute atomic E-state index is 4.97. The maximum atomic E-state index is 4.97. The molecular formula is C51H39NS. The largest absolute Gasteiger partial charge is 0.236 e. The van der Waals surface area contributed by atoms with Crippen molar-refractivity contribution in [2.24, 2.45) is 5.92 Å². The van der Waals surface area contributed by atoms with Crippen molar-refractivity contribution in [1.82, 2.24) is 4.98 Å². The zero-order chi connectivity index (χ0) is 35.6. The maximum Gasteiger partial charge on any atom is 0.124 e. The number of allylic oxidation sites excluding steroid dienone is 4. The van der Waals surface area contributed by atoms with Crippen LogP contribution in [0.4, 0.5) is 0 Å². The second kappa shape index (κ2) is 11.0. The molecule has 2 heteroatoms. The first kappa shape index (κ1) is 31.0. The smallest absolute Gasteiger partial charge is 0.124 e. The van der Waals surface area contributed by atoms with Crippen molar-refractivity contribution >= 4 is 43.1 Å². The van der Waals surface area contributed by atoms with Crippen molar-refractivity contribution in [2.45, 2.75) is 44.4 Å². The Kier molecular flexibility index (Phi) is 6.42. The van der Waals surface area contributed by atoms with Crippen LogP contribution < -0.4 is 0 Å². The molecule has 8 aromatic rings. The van der Waals surface area contributed by atoms with Crippen LogP contribution in [0.1, 0.15) is 55.9 Å². The molecule has 1 heterocycles. The van der Waals surface area contributed by atoms with E-state index < -0.39 is 0 Å². The number of hydrogen-bond acceptors (Lipinski definition) is 2. The van der Waals surface area contributed by atoms with E-state index in [0.29, 0.717) is 11.8 Å². The fourth-order valence-corrected chi connectivity index (χ4v) is 11.1. The Bertz CT molecular complexity index is 2860. The van der Waals surface area contributed by atoms with Gasteiger partial charge in [-0.2, -0.15) is 0 Å². The Hall–Kier alpha value is -5.57. The molecule has 254 valence electrons. The summed E-state index contributed by atoms with van der Waals surface area (Å²) in [6, 6.07) is 48.1. The molecule has 0 amide bonds. The molecule has 0 spiro atoms. The minimum absolute atomic E-state index is 0.0404. The predicted molar refractivity (Wildman–Crippen MR) is 226 cm³/mol. The van der Waals surface area contributed by atoms with E-state index in [0.717, 1.165) is 16.1 Å². The van der Waals surface area contributed by atoms with Gasteiger partial charge in [0.15, 0.2) is 0 Å². The molecule has 0 aliphatic heterocycles. The van der Waals surface area contributed by atoms with Gasteiger partial charge in [0.25, 0.3) is 0 Å². The van der Waals surface area contributed by atoms with Crippen LogP contribution in [0.5, 0.6) is 0 Å². The van der Waals surface area contributed by atoms with Crippen LogP contribution in [0.2, 0.25) is 0 Å². The van der Waals surface area contributed by atoms with Gasteiger partial charge < -0.3 is 0 Å². The summed E-state index contributed by atoms with van der Waals surface area (Å²) in [5.74, 6) is 0.908. The van der Waals surface area contributed by atoms with Crippen molar-refractivity contribution in [3.63, 3.8) is 0 Å². The summed E-state index contributed by atoms with van der Waals surface area (Å²) >= 11 is 1.76. The highest BCUT2D eigenvalue weighted by atomic mass is 32.1. The van der Waals surface area contributed by atoms with Crippen LogP contribution in [0.15, 0.2) is 152 Å². The van der Waals surface area contributed by atoms with E-state index in [2.05, 4.69) is 179 Å². The van der Waals surface area contributed by atoms with Gasteiger partial charge in [-0.25, -0.2) is 4.98 Å². The molecule has 0 fully saturated rings. The number of nitrogens with zero attached hydrogens (tertiary/aromatic N) is 1. The molecule has 11 rings (SSSR count). The lowest BCUT2D eigenvalue weighted by atomic mass is 9.74. The minimum Gasteiger partial charge on any atom is -0.236 e. The number of thiazole rings is 1. The summed E-state index contributed by atoms with van der Waals surface area (Å²) in [5, 5.41) is 6.27. The highest BCUT2D eigenvalue weighted by molar-refractivity contribution is 7.21. The van der Waals surface area contributed by atoms with Gasteiger partial charge in [-0.15, -0.1) is 11.3 Å². The quantitative estimate of drug-likeness (QED) is 0.168. The fraction of sp³-hybridized carbons (Fsp3) is 0.157. The van der Waals surface area contributed by atoms with E-state index in [1.165, 1.54) is 81.9 Å². The van der Waals surface area contributed by atoms with Crippen LogP contribution in [-0.4, -0.2) is 4.98 Å². The predicted octanol–water partition coefficient (Wildman–Crippen LogP) is 14.0. The van der Waals surface area contributed by atoms with Crippen LogP contribution in [0.25, 0.3) is 75.7 Å². The van der Waals surface area contributed by atoms with Crippen LogP contribution in [0, 0.1) is 5.92 Å². The lowest BCUT2D eigenvalue weighted by Crippen LogP contribution is -2.24. The topological polar surface area (TPSA) is 12.9 Å². The van der Waals surface area contributed by atoms with Crippen LogP contribution >= 0.6 is 11.3 Å². The van der Waals surface area contributed by atoms with Crippen molar-refractivity contribution < 1.29 is 0 Å². The number of rotatable bonds is 3. The zero-order valence-corrected chi connectivity index (χ0v) is 31.3. The van der Waals surface area contributed by atoms with E-state index in [1.807, 2.05) is 0 Å². The lowest BCUT2D eigenvalue weighted by Gasteiger charge is -2.29. The van der Waals surface area contributed by atoms with Crippen molar-refractivity contribution in [2.75, 3.05) is 0 Å². The fourth-order valence-electron chi connectivity index (χ4n) is 10.1. The Balaban J connectivity index is 1.19. The molecule has 1 aromatic heterocycles. The highest BCUT2D eigenvalue weighted by Crippen LogP contribution is 2.56. The third kappa shape index (κ3) is 4.33. The van der Waals surface area contributed by atoms with Gasteiger partial charge in [-0.05, 0) is 113 Å². The Morgan fingerprint density at radius 2 is 1.19 bits per heavy atom. The molecule has 7 aromatic carbocycles. The number of fused-ring (bicyclic) bond motifs is 9. The first-order valence-corrected chi connectivity index (χ1v) is 19.7. The molecule has 2 unspecified atom stereocenters. The van der Waals surface area contributed by atoms with Gasteiger partial charge in [0.05, 0.1) is 10.2 Å². The number of benzene rings is 7. The summed E-state index contributed by atoms with van der Waals surface area (Å²) in [6.07, 6.45) is 9.30. The molecule has 0 N–H and O–H groups in total. The minimum atomic E-state index is -0.101. The molecule has 1 nitrogen and oxygen atoms in total. The van der Waals surface area contributed by atoms with E-state index in [-0.39, 0.29) is 10.8 Å². The lowest BCUT2D eigenvalue weighted by molar-refractivity contribution is 0.394. The van der Waals surface area contributed by atoms with E-state index in [4.69, 9.17) is 4.98 Å². The molecule has 0 saturated heterocycles. The number of para-hydroxylation sites is 1. The second-order valence-electron chi connectivity index (χ2n) is 16.3. The second-order valence-corrected chi connectivity index (χ2v) is 17.3. The monoisotopic (exact) mass is 697 g/mol. The summed E-state index contributed by atoms with van der Waals surface area (Å²) in [7, 11) is 0. The van der Waals surface area contributed by atoms with Crippen molar-refractivity contribution in [3.05, 3.63) is 174 Å². The Morgan fingerprint density at radius 3 is 2.00 bits per heavy atom. The summed E-state index contributed by atoms with van der Waals surface area (Å²) in [4.78, 5) is 4.97. The summed E-state index contributed by atoms with van der Waals surface area (Å²) in [6.45, 7) is 9.67. The third-order valence-electron chi connectivity index (χ3n) is 12.8. The molecule has 3 aliphatic carbocycles. The standard InChI is InChI=1S/C51H39NS/c1-50(2)41-17-9-7-13-33(41)35-26-25-32(27-43(35)50)48-37-16-6-5-15-36(37)47(30-21-23-31(24-22-30)49-52-45-19-11-12-20-46(45)53-49)39-28-38-34-14-8-10-18-42(34)51(3,4)44(38)29-40(39)48/h5-29,33,41H,1-4H3. The summed E-state index contributed by atoms with van der Waals surface area (Å²) < 4.78 is 1.22. The SMILES string of the molecule is CC1(C)c2ccccc2-c2cc3c(-c4ccc(-c5nc6ccccc6s5)cc4)c4ccccc4c(-c4ccc5c(c4)C(C)(C)C4C=CC=CC54)c3cc21. The molecule has 53 heavy (non-hydrogen) atoms. The van der Waals surface area contributed by atoms with Gasteiger partial charge in [0.2, 0.25) is 0 Å². The highest BCUT2D eigenvalue weighted by Gasteiger charge is 2.44. The first-order chi connectivity index (χ1) is 25.8. The van der Waals surface area contributed by atoms with Gasteiger partial charge in [0.1, 0.15) is 5.01 Å². The zero-order valence-electron chi connectivity index (χ0n) is 30.4.